The number of nitrogens with one attached hydrogen (secondary N) is 2. The molecule has 3 N–H and O–H groups in total. The number of benzene rings is 1. The number of anilines is 1. The van der Waals surface area contributed by atoms with E-state index in [-0.39, 0.29) is 23.6 Å². The van der Waals surface area contributed by atoms with Gasteiger partial charge in [-0.25, -0.2) is 0 Å². The number of amides is 3. The summed E-state index contributed by atoms with van der Waals surface area (Å²) >= 11 is 0. The molecule has 5 rings (SSSR count). The molecule has 9 nitrogen and oxygen atoms in total. The van der Waals surface area contributed by atoms with Gasteiger partial charge in [0.2, 0.25) is 17.7 Å². The lowest BCUT2D eigenvalue weighted by molar-refractivity contribution is -0.122. The maximum absolute atomic E-state index is 13.4. The van der Waals surface area contributed by atoms with Crippen molar-refractivity contribution in [3.63, 3.8) is 0 Å². The quantitative estimate of drug-likeness (QED) is 0.374. The van der Waals surface area contributed by atoms with E-state index in [1.807, 2.05) is 30.3 Å². The molecule has 1 aromatic heterocycles. The van der Waals surface area contributed by atoms with Crippen LogP contribution in [0.5, 0.6) is 5.88 Å². The van der Waals surface area contributed by atoms with Gasteiger partial charge in [-0.1, -0.05) is 36.8 Å². The van der Waals surface area contributed by atoms with Gasteiger partial charge in [-0.2, -0.15) is 4.98 Å². The molecule has 5 unspecified atom stereocenters. The number of aliphatic hydroxyl groups excluding tert-OH is 1. The normalized spacial score (nSPS) is 23.2. The van der Waals surface area contributed by atoms with Crippen molar-refractivity contribution in [3.8, 4) is 5.88 Å². The lowest BCUT2D eigenvalue weighted by atomic mass is 9.95. The molecule has 2 aromatic rings. The molecule has 2 aliphatic carbocycles. The molecule has 9 heteroatoms. The van der Waals surface area contributed by atoms with Gasteiger partial charge in [0.05, 0.1) is 19.3 Å². The zero-order valence-electron chi connectivity index (χ0n) is 23.2. The van der Waals surface area contributed by atoms with Crippen LogP contribution in [0.4, 0.5) is 5.82 Å². The Bertz CT molecular complexity index is 1210. The Balaban J connectivity index is 1.22. The first kappa shape index (κ1) is 28.1. The van der Waals surface area contributed by atoms with Crippen LogP contribution in [0.1, 0.15) is 73.7 Å². The van der Waals surface area contributed by atoms with Crippen LogP contribution >= 0.6 is 0 Å². The number of hydrogen-bond acceptors (Lipinski definition) is 6. The van der Waals surface area contributed by atoms with Crippen LogP contribution < -0.4 is 20.3 Å². The zero-order valence-corrected chi connectivity index (χ0v) is 23.2. The van der Waals surface area contributed by atoms with E-state index in [0.29, 0.717) is 62.0 Å². The molecule has 3 fully saturated rings. The predicted octanol–water partition coefficient (Wildman–Crippen LogP) is 3.39. The molecule has 2 heterocycles. The Kier molecular flexibility index (Phi) is 8.99. The molecule has 214 valence electrons. The Labute approximate surface area is 235 Å². The van der Waals surface area contributed by atoms with Crippen LogP contribution in [0.15, 0.2) is 42.5 Å². The minimum atomic E-state index is -0.845. The predicted molar refractivity (Wildman–Crippen MR) is 151 cm³/mol. The van der Waals surface area contributed by atoms with Gasteiger partial charge in [0.25, 0.3) is 5.91 Å². The summed E-state index contributed by atoms with van der Waals surface area (Å²) in [6.07, 6.45) is 6.89. The summed E-state index contributed by atoms with van der Waals surface area (Å²) in [6, 6.07) is 12.5. The standard InChI is InChI=1S/C31H40N4O5/c1-40-29-19-23(18-27(34-29)35-14-6-11-30(35)38)31(39)33-25(16-20-7-3-2-4-8-20)26(36)9-5-10-28(37)32-24-17-21-12-13-22(24)15-21/h2-4,7-8,18-19,21-22,24-26,36H,5-6,9-17H2,1H3,(H,32,37)(H,33,39). The van der Waals surface area contributed by atoms with Crippen LogP contribution in [0.2, 0.25) is 0 Å². The number of fused-ring (bicyclic) bond motifs is 2. The number of methoxy groups -OCH3 is 1. The lowest BCUT2D eigenvalue weighted by Crippen LogP contribution is -2.45. The van der Waals surface area contributed by atoms with Crippen molar-refractivity contribution in [1.29, 1.82) is 0 Å². The van der Waals surface area contributed by atoms with Crippen molar-refractivity contribution in [2.24, 2.45) is 11.8 Å². The van der Waals surface area contributed by atoms with E-state index < -0.39 is 12.1 Å². The highest BCUT2D eigenvalue weighted by Gasteiger charge is 2.40. The van der Waals surface area contributed by atoms with E-state index >= 15 is 0 Å². The van der Waals surface area contributed by atoms with Gasteiger partial charge in [-0.15, -0.1) is 0 Å². The topological polar surface area (TPSA) is 121 Å². The zero-order chi connectivity index (χ0) is 28.1. The summed E-state index contributed by atoms with van der Waals surface area (Å²) < 4.78 is 5.31. The van der Waals surface area contributed by atoms with Crippen LogP contribution in [0.25, 0.3) is 0 Å². The second-order valence-corrected chi connectivity index (χ2v) is 11.5. The number of aliphatic hydroxyl groups is 1. The molecule has 0 radical (unpaired) electrons. The van der Waals surface area contributed by atoms with Crippen LogP contribution in [-0.2, 0) is 16.0 Å². The molecule has 0 spiro atoms. The van der Waals surface area contributed by atoms with Crippen LogP contribution in [0.3, 0.4) is 0 Å². The number of rotatable bonds is 12. The molecule has 1 saturated heterocycles. The van der Waals surface area contributed by atoms with Crippen molar-refractivity contribution >= 4 is 23.5 Å². The SMILES string of the molecule is COc1cc(C(=O)NC(Cc2ccccc2)C(O)CCCC(=O)NC2CC3CCC2C3)cc(N2CCCC2=O)n1. The van der Waals surface area contributed by atoms with Crippen molar-refractivity contribution in [2.75, 3.05) is 18.6 Å². The minimum Gasteiger partial charge on any atom is -0.481 e. The largest absolute Gasteiger partial charge is 0.481 e. The first-order valence-corrected chi connectivity index (χ1v) is 14.6. The summed E-state index contributed by atoms with van der Waals surface area (Å²) in [5.74, 6) is 1.64. The second kappa shape index (κ2) is 12.8. The van der Waals surface area contributed by atoms with Crippen LogP contribution in [0, 0.1) is 11.8 Å². The van der Waals surface area contributed by atoms with Gasteiger partial charge >= 0.3 is 0 Å². The van der Waals surface area contributed by atoms with Gasteiger partial charge in [0, 0.05) is 37.1 Å². The van der Waals surface area contributed by atoms with E-state index in [2.05, 4.69) is 15.6 Å². The van der Waals surface area contributed by atoms with Crippen molar-refractivity contribution in [1.82, 2.24) is 15.6 Å². The molecule has 40 heavy (non-hydrogen) atoms. The number of pyridine rings is 1. The van der Waals surface area contributed by atoms with Crippen molar-refractivity contribution in [3.05, 3.63) is 53.6 Å². The Morgan fingerprint density at radius 1 is 1.18 bits per heavy atom. The molecule has 2 saturated carbocycles. The maximum atomic E-state index is 13.4. The number of nitrogens with zero attached hydrogens (tertiary/aromatic N) is 2. The average Bonchev–Trinajstić information content (AvgIpc) is 3.70. The first-order valence-electron chi connectivity index (χ1n) is 14.6. The number of aromatic nitrogens is 1. The highest BCUT2D eigenvalue weighted by molar-refractivity contribution is 5.98. The highest BCUT2D eigenvalue weighted by atomic mass is 16.5. The van der Waals surface area contributed by atoms with E-state index in [9.17, 15) is 19.5 Å². The third-order valence-corrected chi connectivity index (χ3v) is 8.68. The summed E-state index contributed by atoms with van der Waals surface area (Å²) in [6.45, 7) is 0.547. The van der Waals surface area contributed by atoms with Gasteiger partial charge in [-0.05, 0) is 68.4 Å². The van der Waals surface area contributed by atoms with Gasteiger partial charge in [0.15, 0.2) is 0 Å². The van der Waals surface area contributed by atoms with E-state index in [1.165, 1.54) is 32.4 Å². The summed E-state index contributed by atoms with van der Waals surface area (Å²) in [5, 5.41) is 17.4. The smallest absolute Gasteiger partial charge is 0.251 e. The minimum absolute atomic E-state index is 0.0334. The molecular weight excluding hydrogens is 508 g/mol. The van der Waals surface area contributed by atoms with Gasteiger partial charge in [-0.3, -0.25) is 19.3 Å². The molecule has 1 aliphatic heterocycles. The highest BCUT2D eigenvalue weighted by Crippen LogP contribution is 2.44. The van der Waals surface area contributed by atoms with Crippen molar-refractivity contribution in [2.45, 2.75) is 82.4 Å². The summed E-state index contributed by atoms with van der Waals surface area (Å²) in [4.78, 5) is 44.3. The molecule has 3 amide bonds. The fourth-order valence-electron chi connectivity index (χ4n) is 6.53. The fraction of sp³-hybridized carbons (Fsp3) is 0.548. The number of hydrogen-bond donors (Lipinski definition) is 3. The number of carbonyl (C=O) groups excluding carboxylic acids is 3. The second-order valence-electron chi connectivity index (χ2n) is 11.5. The lowest BCUT2D eigenvalue weighted by Gasteiger charge is -2.25. The third-order valence-electron chi connectivity index (χ3n) is 8.68. The number of ether oxygens (including phenoxy) is 1. The molecule has 3 aliphatic rings. The molecule has 2 bridgehead atoms. The number of carbonyl (C=O) groups is 3. The van der Waals surface area contributed by atoms with E-state index in [1.54, 1.807) is 11.0 Å². The summed E-state index contributed by atoms with van der Waals surface area (Å²) in [7, 11) is 1.47. The maximum Gasteiger partial charge on any atom is 0.251 e. The molecular formula is C31H40N4O5. The molecule has 1 aromatic carbocycles. The Morgan fingerprint density at radius 3 is 2.67 bits per heavy atom. The van der Waals surface area contributed by atoms with E-state index in [0.717, 1.165) is 24.3 Å². The third kappa shape index (κ3) is 6.81. The Morgan fingerprint density at radius 2 is 2.00 bits per heavy atom. The molecule has 5 atom stereocenters. The van der Waals surface area contributed by atoms with Gasteiger partial charge < -0.3 is 20.5 Å². The van der Waals surface area contributed by atoms with E-state index in [4.69, 9.17) is 4.74 Å². The summed E-state index contributed by atoms with van der Waals surface area (Å²) in [5.41, 5.74) is 1.29. The Hall–Kier alpha value is -3.46. The average molecular weight is 549 g/mol. The van der Waals surface area contributed by atoms with Crippen molar-refractivity contribution < 1.29 is 24.2 Å². The van der Waals surface area contributed by atoms with Crippen LogP contribution in [-0.4, -0.2) is 59.7 Å². The first-order chi connectivity index (χ1) is 19.4. The van der Waals surface area contributed by atoms with Gasteiger partial charge in [0.1, 0.15) is 5.82 Å². The fourth-order valence-corrected chi connectivity index (χ4v) is 6.53. The monoisotopic (exact) mass is 548 g/mol.